The maximum atomic E-state index is 12.2. The highest BCUT2D eigenvalue weighted by molar-refractivity contribution is 6.32. The third kappa shape index (κ3) is 5.27. The first-order chi connectivity index (χ1) is 14.4. The average Bonchev–Trinajstić information content (AvgIpc) is 2.75. The zero-order chi connectivity index (χ0) is 21.5. The SMILES string of the molecule is O=C(N/N=C/c1ccc(Cl)c([N+](=O)[O-])c1)c1ccc(NC(=O)c2ccccc2)cc1. The molecule has 30 heavy (non-hydrogen) atoms. The predicted octanol–water partition coefficient (Wildman–Crippen LogP) is 4.26. The van der Waals surface area contributed by atoms with E-state index in [9.17, 15) is 19.7 Å². The Morgan fingerprint density at radius 2 is 1.60 bits per heavy atom. The summed E-state index contributed by atoms with van der Waals surface area (Å²) in [6.45, 7) is 0. The Morgan fingerprint density at radius 1 is 0.933 bits per heavy atom. The fourth-order valence-electron chi connectivity index (χ4n) is 2.48. The number of nitrogens with zero attached hydrogens (tertiary/aromatic N) is 2. The van der Waals surface area contributed by atoms with Crippen LogP contribution in [0, 0.1) is 10.1 Å². The Balaban J connectivity index is 1.60. The van der Waals surface area contributed by atoms with Crippen molar-refractivity contribution in [1.82, 2.24) is 5.43 Å². The molecule has 0 fully saturated rings. The van der Waals surface area contributed by atoms with Gasteiger partial charge < -0.3 is 5.32 Å². The molecule has 9 heteroatoms. The fourth-order valence-corrected chi connectivity index (χ4v) is 2.66. The molecule has 3 aromatic rings. The summed E-state index contributed by atoms with van der Waals surface area (Å²) in [4.78, 5) is 34.6. The Hall–Kier alpha value is -4.04. The first-order valence-corrected chi connectivity index (χ1v) is 9.05. The molecule has 0 radical (unpaired) electrons. The van der Waals surface area contributed by atoms with E-state index >= 15 is 0 Å². The molecule has 3 rings (SSSR count). The standard InChI is InChI=1S/C21H15ClN4O4/c22-18-11-6-14(12-19(18)26(29)30)13-23-25-21(28)16-7-9-17(10-8-16)24-20(27)15-4-2-1-3-5-15/h1-13H,(H,24,27)(H,25,28)/b23-13+. The Kier molecular flexibility index (Phi) is 6.51. The van der Waals surface area contributed by atoms with Gasteiger partial charge in [-0.3, -0.25) is 19.7 Å². The van der Waals surface area contributed by atoms with Crippen LogP contribution in [-0.2, 0) is 0 Å². The van der Waals surface area contributed by atoms with Gasteiger partial charge in [-0.1, -0.05) is 35.9 Å². The van der Waals surface area contributed by atoms with Gasteiger partial charge in [0.25, 0.3) is 17.5 Å². The van der Waals surface area contributed by atoms with Gasteiger partial charge >= 0.3 is 0 Å². The van der Waals surface area contributed by atoms with E-state index in [1.165, 1.54) is 24.4 Å². The summed E-state index contributed by atoms with van der Waals surface area (Å²) in [5.41, 5.74) is 3.88. The number of benzene rings is 3. The van der Waals surface area contributed by atoms with Crippen molar-refractivity contribution in [2.75, 3.05) is 5.32 Å². The number of halogens is 1. The van der Waals surface area contributed by atoms with Gasteiger partial charge in [-0.2, -0.15) is 5.10 Å². The monoisotopic (exact) mass is 422 g/mol. The number of amides is 2. The van der Waals surface area contributed by atoms with Gasteiger partial charge in [0, 0.05) is 28.4 Å². The van der Waals surface area contributed by atoms with Crippen LogP contribution >= 0.6 is 11.6 Å². The molecule has 0 spiro atoms. The second kappa shape index (κ2) is 9.44. The van der Waals surface area contributed by atoms with Crippen LogP contribution in [0.1, 0.15) is 26.3 Å². The number of rotatable bonds is 6. The van der Waals surface area contributed by atoms with Gasteiger partial charge in [-0.05, 0) is 42.5 Å². The van der Waals surface area contributed by atoms with Crippen molar-refractivity contribution in [2.45, 2.75) is 0 Å². The van der Waals surface area contributed by atoms with Crippen molar-refractivity contribution in [2.24, 2.45) is 5.10 Å². The van der Waals surface area contributed by atoms with Crippen molar-refractivity contribution in [3.8, 4) is 0 Å². The number of anilines is 1. The van der Waals surface area contributed by atoms with Gasteiger partial charge in [-0.25, -0.2) is 5.43 Å². The molecule has 2 amide bonds. The van der Waals surface area contributed by atoms with Gasteiger partial charge in [0.2, 0.25) is 0 Å². The van der Waals surface area contributed by atoms with Crippen LogP contribution < -0.4 is 10.7 Å². The quantitative estimate of drug-likeness (QED) is 0.351. The highest BCUT2D eigenvalue weighted by Crippen LogP contribution is 2.24. The summed E-state index contributed by atoms with van der Waals surface area (Å²) in [7, 11) is 0. The third-order valence-corrected chi connectivity index (χ3v) is 4.31. The molecule has 0 bridgehead atoms. The van der Waals surface area contributed by atoms with Crippen LogP contribution in [0.5, 0.6) is 0 Å². The number of nitrogens with one attached hydrogen (secondary N) is 2. The maximum Gasteiger partial charge on any atom is 0.288 e. The van der Waals surface area contributed by atoms with E-state index in [2.05, 4.69) is 15.8 Å². The zero-order valence-corrected chi connectivity index (χ0v) is 16.2. The van der Waals surface area contributed by atoms with Crippen molar-refractivity contribution in [3.63, 3.8) is 0 Å². The van der Waals surface area contributed by atoms with Crippen LogP contribution in [0.2, 0.25) is 5.02 Å². The summed E-state index contributed by atoms with van der Waals surface area (Å²) in [6, 6.07) is 19.2. The van der Waals surface area contributed by atoms with Crippen molar-refractivity contribution in [1.29, 1.82) is 0 Å². The number of hydrazone groups is 1. The van der Waals surface area contributed by atoms with Crippen molar-refractivity contribution in [3.05, 3.63) is 105 Å². The van der Waals surface area contributed by atoms with Crippen molar-refractivity contribution >= 4 is 41.0 Å². The lowest BCUT2D eigenvalue weighted by atomic mass is 10.1. The Labute approximate surface area is 176 Å². The molecule has 0 saturated heterocycles. The van der Waals surface area contributed by atoms with E-state index in [1.807, 2.05) is 6.07 Å². The van der Waals surface area contributed by atoms with Gasteiger partial charge in [-0.15, -0.1) is 0 Å². The first-order valence-electron chi connectivity index (χ1n) is 8.68. The molecule has 150 valence electrons. The Morgan fingerprint density at radius 3 is 2.27 bits per heavy atom. The van der Waals surface area contributed by atoms with Gasteiger partial charge in [0.15, 0.2) is 0 Å². The number of nitro benzene ring substituents is 1. The molecule has 3 aromatic carbocycles. The molecular formula is C21H15ClN4O4. The van der Waals surface area contributed by atoms with Crippen LogP contribution in [0.15, 0.2) is 77.9 Å². The minimum Gasteiger partial charge on any atom is -0.322 e. The highest BCUT2D eigenvalue weighted by Gasteiger charge is 2.12. The molecule has 0 aromatic heterocycles. The molecule has 0 atom stereocenters. The van der Waals surface area contributed by atoms with E-state index in [1.54, 1.807) is 48.5 Å². The number of carbonyl (C=O) groups excluding carboxylic acids is 2. The predicted molar refractivity (Wildman–Crippen MR) is 114 cm³/mol. The molecule has 0 heterocycles. The van der Waals surface area contributed by atoms with E-state index in [-0.39, 0.29) is 16.6 Å². The van der Waals surface area contributed by atoms with E-state index in [0.29, 0.717) is 22.4 Å². The molecule has 2 N–H and O–H groups in total. The number of carbonyl (C=O) groups is 2. The molecule has 0 saturated carbocycles. The van der Waals surface area contributed by atoms with E-state index in [0.717, 1.165) is 0 Å². The average molecular weight is 423 g/mol. The highest BCUT2D eigenvalue weighted by atomic mass is 35.5. The number of hydrogen-bond acceptors (Lipinski definition) is 5. The summed E-state index contributed by atoms with van der Waals surface area (Å²) in [5, 5.41) is 17.5. The molecule has 0 unspecified atom stereocenters. The fraction of sp³-hybridized carbons (Fsp3) is 0. The summed E-state index contributed by atoms with van der Waals surface area (Å²) in [5.74, 6) is -0.731. The topological polar surface area (TPSA) is 114 Å². The third-order valence-electron chi connectivity index (χ3n) is 3.99. The van der Waals surface area contributed by atoms with Crippen LogP contribution in [0.4, 0.5) is 11.4 Å². The summed E-state index contributed by atoms with van der Waals surface area (Å²) in [6.07, 6.45) is 1.27. The minimum atomic E-state index is -0.601. The Bertz CT molecular complexity index is 1120. The smallest absolute Gasteiger partial charge is 0.288 e. The summed E-state index contributed by atoms with van der Waals surface area (Å²) >= 11 is 5.75. The molecule has 8 nitrogen and oxygen atoms in total. The second-order valence-corrected chi connectivity index (χ2v) is 6.47. The normalized spacial score (nSPS) is 10.6. The van der Waals surface area contributed by atoms with E-state index < -0.39 is 10.8 Å². The lowest BCUT2D eigenvalue weighted by Gasteiger charge is -2.06. The second-order valence-electron chi connectivity index (χ2n) is 6.06. The molecule has 0 aliphatic heterocycles. The van der Waals surface area contributed by atoms with Crippen LogP contribution in [0.25, 0.3) is 0 Å². The first kappa shape index (κ1) is 20.7. The maximum absolute atomic E-state index is 12.2. The van der Waals surface area contributed by atoms with Crippen LogP contribution in [0.3, 0.4) is 0 Å². The summed E-state index contributed by atoms with van der Waals surface area (Å²) < 4.78 is 0. The number of hydrogen-bond donors (Lipinski definition) is 2. The minimum absolute atomic E-state index is 0.0145. The molecule has 0 aliphatic rings. The number of nitro groups is 1. The zero-order valence-electron chi connectivity index (χ0n) is 15.4. The van der Waals surface area contributed by atoms with Crippen molar-refractivity contribution < 1.29 is 14.5 Å². The largest absolute Gasteiger partial charge is 0.322 e. The molecular weight excluding hydrogens is 408 g/mol. The molecule has 0 aliphatic carbocycles. The van der Waals surface area contributed by atoms with Gasteiger partial charge in [0.1, 0.15) is 5.02 Å². The lowest BCUT2D eigenvalue weighted by molar-refractivity contribution is -0.384. The van der Waals surface area contributed by atoms with Crippen LogP contribution in [-0.4, -0.2) is 23.0 Å². The van der Waals surface area contributed by atoms with Gasteiger partial charge in [0.05, 0.1) is 11.1 Å². The van der Waals surface area contributed by atoms with E-state index in [4.69, 9.17) is 11.6 Å². The lowest BCUT2D eigenvalue weighted by Crippen LogP contribution is -2.17.